The second-order valence-electron chi connectivity index (χ2n) is 4.10. The first-order valence-electron chi connectivity index (χ1n) is 6.12. The number of benzene rings is 2. The lowest BCUT2D eigenvalue weighted by Gasteiger charge is -2.07. The first-order chi connectivity index (χ1) is 9.28. The lowest BCUT2D eigenvalue weighted by molar-refractivity contribution is 0.292. The van der Waals surface area contributed by atoms with Crippen LogP contribution in [-0.2, 0) is 6.54 Å². The lowest BCUT2D eigenvalue weighted by Crippen LogP contribution is -2.17. The Morgan fingerprint density at radius 2 is 1.53 bits per heavy atom. The van der Waals surface area contributed by atoms with Gasteiger partial charge >= 0.3 is 0 Å². The largest absolute Gasteiger partial charge is 0.457 e. The van der Waals surface area contributed by atoms with Gasteiger partial charge < -0.3 is 15.2 Å². The van der Waals surface area contributed by atoms with Crippen LogP contribution in [0, 0.1) is 5.82 Å². The Morgan fingerprint density at radius 3 is 2.11 bits per heavy atom. The number of hydrogen-bond donors (Lipinski definition) is 2. The van der Waals surface area contributed by atoms with E-state index in [1.165, 1.54) is 12.1 Å². The van der Waals surface area contributed by atoms with Gasteiger partial charge in [0.25, 0.3) is 0 Å². The van der Waals surface area contributed by atoms with Crippen LogP contribution in [0.1, 0.15) is 5.56 Å². The number of halogens is 1. The summed E-state index contributed by atoms with van der Waals surface area (Å²) in [6.45, 7) is 1.41. The van der Waals surface area contributed by atoms with Crippen molar-refractivity contribution in [2.24, 2.45) is 0 Å². The van der Waals surface area contributed by atoms with E-state index in [1.807, 2.05) is 24.3 Å². The van der Waals surface area contributed by atoms with Crippen molar-refractivity contribution in [1.82, 2.24) is 5.32 Å². The zero-order valence-corrected chi connectivity index (χ0v) is 10.5. The van der Waals surface area contributed by atoms with E-state index < -0.39 is 0 Å². The van der Waals surface area contributed by atoms with Crippen LogP contribution in [0.3, 0.4) is 0 Å². The summed E-state index contributed by atoms with van der Waals surface area (Å²) in [4.78, 5) is 0. The molecule has 2 aromatic rings. The Morgan fingerprint density at radius 1 is 0.947 bits per heavy atom. The van der Waals surface area contributed by atoms with E-state index in [9.17, 15) is 4.39 Å². The average molecular weight is 261 g/mol. The van der Waals surface area contributed by atoms with Gasteiger partial charge in [-0.3, -0.25) is 0 Å². The summed E-state index contributed by atoms with van der Waals surface area (Å²) in [6, 6.07) is 13.5. The molecule has 2 aromatic carbocycles. The number of hydrogen-bond acceptors (Lipinski definition) is 3. The van der Waals surface area contributed by atoms with Crippen LogP contribution < -0.4 is 10.1 Å². The summed E-state index contributed by atoms with van der Waals surface area (Å²) in [7, 11) is 0. The molecule has 2 rings (SSSR count). The van der Waals surface area contributed by atoms with Gasteiger partial charge in [0.05, 0.1) is 6.61 Å². The molecule has 0 saturated heterocycles. The molecule has 0 saturated carbocycles. The molecule has 0 fully saturated rings. The minimum Gasteiger partial charge on any atom is -0.457 e. The molecule has 4 heteroatoms. The molecule has 0 radical (unpaired) electrons. The summed E-state index contributed by atoms with van der Waals surface area (Å²) in [6.07, 6.45) is 0. The van der Waals surface area contributed by atoms with Gasteiger partial charge in [-0.1, -0.05) is 12.1 Å². The molecule has 0 aromatic heterocycles. The summed E-state index contributed by atoms with van der Waals surface area (Å²) < 4.78 is 18.3. The summed E-state index contributed by atoms with van der Waals surface area (Å²) in [5.74, 6) is 1.03. The summed E-state index contributed by atoms with van der Waals surface area (Å²) >= 11 is 0. The maximum absolute atomic E-state index is 12.7. The van der Waals surface area contributed by atoms with E-state index >= 15 is 0 Å². The van der Waals surface area contributed by atoms with E-state index in [0.717, 1.165) is 5.56 Å². The molecule has 0 atom stereocenters. The molecular formula is C15H16FNO2. The normalized spacial score (nSPS) is 10.4. The molecule has 0 spiro atoms. The van der Waals surface area contributed by atoms with E-state index in [0.29, 0.717) is 24.6 Å². The predicted molar refractivity (Wildman–Crippen MR) is 71.7 cm³/mol. The molecule has 3 nitrogen and oxygen atoms in total. The molecule has 0 aliphatic heterocycles. The molecule has 2 N–H and O–H groups in total. The third kappa shape index (κ3) is 4.35. The molecule has 0 heterocycles. The van der Waals surface area contributed by atoms with Gasteiger partial charge in [0.15, 0.2) is 0 Å². The van der Waals surface area contributed by atoms with Crippen LogP contribution in [0.15, 0.2) is 48.5 Å². The number of rotatable bonds is 6. The highest BCUT2D eigenvalue weighted by atomic mass is 19.1. The second kappa shape index (κ2) is 6.87. The smallest absolute Gasteiger partial charge is 0.127 e. The van der Waals surface area contributed by atoms with Gasteiger partial charge in [0.1, 0.15) is 17.3 Å². The van der Waals surface area contributed by atoms with Crippen molar-refractivity contribution in [3.05, 3.63) is 59.9 Å². The number of aliphatic hydroxyl groups is 1. The van der Waals surface area contributed by atoms with E-state index in [4.69, 9.17) is 9.84 Å². The SMILES string of the molecule is OCCNCc1ccc(Oc2ccc(F)cc2)cc1. The zero-order chi connectivity index (χ0) is 13.5. The van der Waals surface area contributed by atoms with Gasteiger partial charge in [0, 0.05) is 13.1 Å². The Balaban J connectivity index is 1.92. The Labute approximate surface area is 111 Å². The quantitative estimate of drug-likeness (QED) is 0.786. The second-order valence-corrected chi connectivity index (χ2v) is 4.10. The molecule has 0 amide bonds. The third-order valence-electron chi connectivity index (χ3n) is 2.59. The average Bonchev–Trinajstić information content (AvgIpc) is 2.44. The maximum Gasteiger partial charge on any atom is 0.127 e. The van der Waals surface area contributed by atoms with Gasteiger partial charge in [-0.25, -0.2) is 4.39 Å². The minimum absolute atomic E-state index is 0.131. The monoisotopic (exact) mass is 261 g/mol. The van der Waals surface area contributed by atoms with Crippen LogP contribution in [0.2, 0.25) is 0 Å². The van der Waals surface area contributed by atoms with Crippen molar-refractivity contribution < 1.29 is 14.2 Å². The first-order valence-corrected chi connectivity index (χ1v) is 6.12. The van der Waals surface area contributed by atoms with Gasteiger partial charge in [-0.05, 0) is 42.0 Å². The Bertz CT molecular complexity index is 497. The highest BCUT2D eigenvalue weighted by Crippen LogP contribution is 2.21. The van der Waals surface area contributed by atoms with Crippen LogP contribution in [0.5, 0.6) is 11.5 Å². The molecule has 0 unspecified atom stereocenters. The number of ether oxygens (including phenoxy) is 1. The van der Waals surface area contributed by atoms with Gasteiger partial charge in [-0.15, -0.1) is 0 Å². The number of nitrogens with one attached hydrogen (secondary N) is 1. The fourth-order valence-electron chi connectivity index (χ4n) is 1.63. The van der Waals surface area contributed by atoms with Crippen LogP contribution in [-0.4, -0.2) is 18.3 Å². The van der Waals surface area contributed by atoms with E-state index in [-0.39, 0.29) is 12.4 Å². The molecule has 0 bridgehead atoms. The number of aliphatic hydroxyl groups excluding tert-OH is 1. The molecule has 0 aliphatic rings. The van der Waals surface area contributed by atoms with Crippen molar-refractivity contribution in [2.75, 3.05) is 13.2 Å². The topological polar surface area (TPSA) is 41.5 Å². The van der Waals surface area contributed by atoms with Crippen molar-refractivity contribution in [3.8, 4) is 11.5 Å². The van der Waals surface area contributed by atoms with Crippen molar-refractivity contribution >= 4 is 0 Å². The van der Waals surface area contributed by atoms with Crippen molar-refractivity contribution in [3.63, 3.8) is 0 Å². The fraction of sp³-hybridized carbons (Fsp3) is 0.200. The maximum atomic E-state index is 12.7. The van der Waals surface area contributed by atoms with E-state index in [2.05, 4.69) is 5.32 Å². The van der Waals surface area contributed by atoms with Crippen molar-refractivity contribution in [2.45, 2.75) is 6.54 Å². The van der Waals surface area contributed by atoms with Gasteiger partial charge in [0.2, 0.25) is 0 Å². The summed E-state index contributed by atoms with van der Waals surface area (Å²) in [5, 5.41) is 11.8. The van der Waals surface area contributed by atoms with Crippen molar-refractivity contribution in [1.29, 1.82) is 0 Å². The van der Waals surface area contributed by atoms with Gasteiger partial charge in [-0.2, -0.15) is 0 Å². The van der Waals surface area contributed by atoms with Crippen LogP contribution in [0.4, 0.5) is 4.39 Å². The Kier molecular flexibility index (Phi) is 4.89. The Hall–Kier alpha value is -1.91. The van der Waals surface area contributed by atoms with E-state index in [1.54, 1.807) is 12.1 Å². The molecule has 0 aliphatic carbocycles. The standard InChI is InChI=1S/C15H16FNO2/c16-13-3-7-15(8-4-13)19-14-5-1-12(2-6-14)11-17-9-10-18/h1-8,17-18H,9-11H2. The fourth-order valence-corrected chi connectivity index (χ4v) is 1.63. The molecule has 100 valence electrons. The predicted octanol–water partition coefficient (Wildman–Crippen LogP) is 2.70. The lowest BCUT2D eigenvalue weighted by atomic mass is 10.2. The van der Waals surface area contributed by atoms with Crippen LogP contribution in [0.25, 0.3) is 0 Å². The highest BCUT2D eigenvalue weighted by molar-refractivity contribution is 5.33. The first kappa shape index (κ1) is 13.5. The molecular weight excluding hydrogens is 245 g/mol. The van der Waals surface area contributed by atoms with Crippen LogP contribution >= 0.6 is 0 Å². The highest BCUT2D eigenvalue weighted by Gasteiger charge is 1.98. The summed E-state index contributed by atoms with van der Waals surface area (Å²) in [5.41, 5.74) is 1.11. The molecule has 19 heavy (non-hydrogen) atoms. The third-order valence-corrected chi connectivity index (χ3v) is 2.59. The zero-order valence-electron chi connectivity index (χ0n) is 10.5. The minimum atomic E-state index is -0.280.